The van der Waals surface area contributed by atoms with Crippen molar-refractivity contribution in [1.82, 2.24) is 25.2 Å². The van der Waals surface area contributed by atoms with Crippen LogP contribution in [0.15, 0.2) is 55.0 Å². The zero-order valence-corrected chi connectivity index (χ0v) is 15.5. The molecule has 2 aromatic heterocycles. The van der Waals surface area contributed by atoms with E-state index in [1.807, 2.05) is 0 Å². The Kier molecular flexibility index (Phi) is 4.81. The number of nitrogens with zero attached hydrogens (tertiary/aromatic N) is 4. The number of fused-ring (bicyclic) bond motifs is 1. The van der Waals surface area contributed by atoms with Crippen LogP contribution in [0.25, 0.3) is 16.7 Å². The van der Waals surface area contributed by atoms with E-state index in [1.54, 1.807) is 29.1 Å². The molecule has 7 nitrogen and oxygen atoms in total. The Labute approximate surface area is 168 Å². The largest absolute Gasteiger partial charge is 0.281 e. The van der Waals surface area contributed by atoms with Crippen molar-refractivity contribution in [2.75, 3.05) is 5.43 Å². The number of aromatic nitrogens is 4. The minimum absolute atomic E-state index is 0.277. The van der Waals surface area contributed by atoms with Crippen LogP contribution in [0.1, 0.15) is 10.4 Å². The van der Waals surface area contributed by atoms with E-state index in [9.17, 15) is 9.18 Å². The standard InChI is InChI=1S/C18H11Cl2FN6O/c19-14-6-1-10(7-15(14)20)18(28)26-25-16-13-8-24-27(17(13)23-9-22-16)12-4-2-11(21)3-5-12/h1-9H,(H,26,28)(H,22,23,25). The summed E-state index contributed by atoms with van der Waals surface area (Å²) >= 11 is 11.8. The molecular formula is C18H11Cl2FN6O. The van der Waals surface area contributed by atoms with Crippen molar-refractivity contribution >= 4 is 46.0 Å². The minimum atomic E-state index is -0.420. The molecule has 0 saturated heterocycles. The summed E-state index contributed by atoms with van der Waals surface area (Å²) in [5.74, 6) is -0.412. The van der Waals surface area contributed by atoms with Gasteiger partial charge in [0.25, 0.3) is 5.91 Å². The molecule has 2 aromatic carbocycles. The summed E-state index contributed by atoms with van der Waals surface area (Å²) in [5, 5.41) is 5.48. The summed E-state index contributed by atoms with van der Waals surface area (Å²) < 4.78 is 14.7. The SMILES string of the molecule is O=C(NNc1ncnc2c1cnn2-c1ccc(F)cc1)c1ccc(Cl)c(Cl)c1. The van der Waals surface area contributed by atoms with Crippen molar-refractivity contribution in [3.8, 4) is 5.69 Å². The van der Waals surface area contributed by atoms with Crippen LogP contribution in [0.3, 0.4) is 0 Å². The third kappa shape index (κ3) is 3.47. The maximum atomic E-state index is 13.1. The molecule has 0 spiro atoms. The number of hydrazine groups is 1. The third-order valence-electron chi connectivity index (χ3n) is 3.91. The highest BCUT2D eigenvalue weighted by Gasteiger charge is 2.13. The Hall–Kier alpha value is -3.23. The molecule has 0 fully saturated rings. The molecule has 0 unspecified atom stereocenters. The predicted octanol–water partition coefficient (Wildman–Crippen LogP) is 4.02. The lowest BCUT2D eigenvalue weighted by molar-refractivity contribution is 0.0962. The molecule has 0 aliphatic rings. The highest BCUT2D eigenvalue weighted by molar-refractivity contribution is 6.42. The molecule has 0 aliphatic carbocycles. The van der Waals surface area contributed by atoms with Gasteiger partial charge in [0.15, 0.2) is 11.5 Å². The first-order valence-corrected chi connectivity index (χ1v) is 8.74. The Bertz CT molecular complexity index is 1180. The fourth-order valence-electron chi connectivity index (χ4n) is 2.54. The third-order valence-corrected chi connectivity index (χ3v) is 4.65. The Morgan fingerprint density at radius 1 is 1.04 bits per heavy atom. The number of halogens is 3. The summed E-state index contributed by atoms with van der Waals surface area (Å²) in [4.78, 5) is 20.6. The summed E-state index contributed by atoms with van der Waals surface area (Å²) in [7, 11) is 0. The van der Waals surface area contributed by atoms with Crippen LogP contribution in [0.5, 0.6) is 0 Å². The number of benzene rings is 2. The van der Waals surface area contributed by atoms with Gasteiger partial charge in [-0.25, -0.2) is 19.0 Å². The van der Waals surface area contributed by atoms with Gasteiger partial charge in [-0.15, -0.1) is 0 Å². The number of carbonyl (C=O) groups is 1. The lowest BCUT2D eigenvalue weighted by Gasteiger charge is -2.09. The predicted molar refractivity (Wildman–Crippen MR) is 104 cm³/mol. The fourth-order valence-corrected chi connectivity index (χ4v) is 2.84. The van der Waals surface area contributed by atoms with Gasteiger partial charge in [0, 0.05) is 5.56 Å². The second-order valence-electron chi connectivity index (χ2n) is 5.70. The molecule has 4 aromatic rings. The molecular weight excluding hydrogens is 406 g/mol. The molecule has 4 rings (SSSR count). The molecule has 0 radical (unpaired) electrons. The Balaban J connectivity index is 1.58. The summed E-state index contributed by atoms with van der Waals surface area (Å²) in [5.41, 5.74) is 6.76. The van der Waals surface area contributed by atoms with Crippen molar-refractivity contribution in [3.05, 3.63) is 76.4 Å². The number of hydrogen-bond donors (Lipinski definition) is 2. The number of anilines is 1. The lowest BCUT2D eigenvalue weighted by atomic mass is 10.2. The van der Waals surface area contributed by atoms with E-state index in [4.69, 9.17) is 23.2 Å². The number of rotatable bonds is 4. The van der Waals surface area contributed by atoms with Crippen LogP contribution < -0.4 is 10.9 Å². The molecule has 2 heterocycles. The Morgan fingerprint density at radius 3 is 2.57 bits per heavy atom. The topological polar surface area (TPSA) is 84.7 Å². The summed E-state index contributed by atoms with van der Waals surface area (Å²) in [6, 6.07) is 10.4. The van der Waals surface area contributed by atoms with Gasteiger partial charge in [-0.05, 0) is 42.5 Å². The van der Waals surface area contributed by atoms with Gasteiger partial charge in [0.1, 0.15) is 12.1 Å². The first-order valence-electron chi connectivity index (χ1n) is 7.99. The number of nitrogens with one attached hydrogen (secondary N) is 2. The molecule has 10 heteroatoms. The van der Waals surface area contributed by atoms with E-state index < -0.39 is 5.91 Å². The first-order chi connectivity index (χ1) is 13.5. The molecule has 0 bridgehead atoms. The van der Waals surface area contributed by atoms with Gasteiger partial charge in [-0.1, -0.05) is 23.2 Å². The normalized spacial score (nSPS) is 10.8. The molecule has 0 atom stereocenters. The van der Waals surface area contributed by atoms with Crippen molar-refractivity contribution in [2.45, 2.75) is 0 Å². The second kappa shape index (κ2) is 7.41. The average molecular weight is 417 g/mol. The maximum Gasteiger partial charge on any atom is 0.269 e. The van der Waals surface area contributed by atoms with Crippen LogP contribution in [0.4, 0.5) is 10.2 Å². The quantitative estimate of drug-likeness (QED) is 0.490. The van der Waals surface area contributed by atoms with Gasteiger partial charge < -0.3 is 0 Å². The molecule has 28 heavy (non-hydrogen) atoms. The van der Waals surface area contributed by atoms with Crippen LogP contribution in [0, 0.1) is 5.82 Å². The smallest absolute Gasteiger partial charge is 0.269 e. The fraction of sp³-hybridized carbons (Fsp3) is 0. The van der Waals surface area contributed by atoms with Gasteiger partial charge in [-0.3, -0.25) is 15.6 Å². The highest BCUT2D eigenvalue weighted by Crippen LogP contribution is 2.23. The number of amides is 1. The van der Waals surface area contributed by atoms with E-state index in [-0.39, 0.29) is 10.8 Å². The zero-order valence-electron chi connectivity index (χ0n) is 14.0. The monoisotopic (exact) mass is 416 g/mol. The van der Waals surface area contributed by atoms with Crippen LogP contribution >= 0.6 is 23.2 Å². The van der Waals surface area contributed by atoms with E-state index in [2.05, 4.69) is 25.9 Å². The molecule has 0 saturated carbocycles. The summed E-state index contributed by atoms with van der Waals surface area (Å²) in [6.45, 7) is 0. The molecule has 1 amide bonds. The zero-order chi connectivity index (χ0) is 19.7. The lowest BCUT2D eigenvalue weighted by Crippen LogP contribution is -2.29. The van der Waals surface area contributed by atoms with Crippen molar-refractivity contribution < 1.29 is 9.18 Å². The van der Waals surface area contributed by atoms with Crippen LogP contribution in [-0.4, -0.2) is 25.7 Å². The number of hydrogen-bond acceptors (Lipinski definition) is 5. The van der Waals surface area contributed by atoms with Crippen LogP contribution in [0.2, 0.25) is 10.0 Å². The summed E-state index contributed by atoms with van der Waals surface area (Å²) in [6.07, 6.45) is 2.88. The second-order valence-corrected chi connectivity index (χ2v) is 6.51. The van der Waals surface area contributed by atoms with E-state index in [0.717, 1.165) is 0 Å². The van der Waals surface area contributed by atoms with Gasteiger partial charge >= 0.3 is 0 Å². The van der Waals surface area contributed by atoms with E-state index in [0.29, 0.717) is 33.1 Å². The van der Waals surface area contributed by atoms with Crippen molar-refractivity contribution in [3.63, 3.8) is 0 Å². The minimum Gasteiger partial charge on any atom is -0.281 e. The van der Waals surface area contributed by atoms with Gasteiger partial charge in [0.2, 0.25) is 0 Å². The Morgan fingerprint density at radius 2 is 1.82 bits per heavy atom. The van der Waals surface area contributed by atoms with Crippen LogP contribution in [-0.2, 0) is 0 Å². The van der Waals surface area contributed by atoms with Gasteiger partial charge in [0.05, 0.1) is 27.3 Å². The molecule has 2 N–H and O–H groups in total. The van der Waals surface area contributed by atoms with E-state index in [1.165, 1.54) is 30.6 Å². The van der Waals surface area contributed by atoms with Crippen molar-refractivity contribution in [2.24, 2.45) is 0 Å². The van der Waals surface area contributed by atoms with Crippen molar-refractivity contribution in [1.29, 1.82) is 0 Å². The highest BCUT2D eigenvalue weighted by atomic mass is 35.5. The average Bonchev–Trinajstić information content (AvgIpc) is 3.13. The van der Waals surface area contributed by atoms with Gasteiger partial charge in [-0.2, -0.15) is 5.10 Å². The molecule has 140 valence electrons. The maximum absolute atomic E-state index is 13.1. The molecule has 0 aliphatic heterocycles. The number of carbonyl (C=O) groups excluding carboxylic acids is 1. The van der Waals surface area contributed by atoms with E-state index >= 15 is 0 Å². The first kappa shape index (κ1) is 18.1.